The molecule has 1 aliphatic rings. The van der Waals surface area contributed by atoms with E-state index in [0.717, 1.165) is 97.5 Å². The summed E-state index contributed by atoms with van der Waals surface area (Å²) in [7, 11) is 1.64. The molecule has 2 amide bonds. The molecule has 3 N–H and O–H groups in total. The number of aryl methyl sites for hydroxylation is 2. The third kappa shape index (κ3) is 9.23. The van der Waals surface area contributed by atoms with Crippen LogP contribution in [0.2, 0.25) is 0 Å². The van der Waals surface area contributed by atoms with E-state index in [-0.39, 0.29) is 6.03 Å². The highest BCUT2D eigenvalue weighted by atomic mass is 16.5. The number of urea groups is 1. The molecule has 1 fully saturated rings. The van der Waals surface area contributed by atoms with Gasteiger partial charge in [0.25, 0.3) is 0 Å². The topological polar surface area (TPSA) is 117 Å². The molecular formula is C40H48N8O3. The zero-order valence-electron chi connectivity index (χ0n) is 29.8. The average molecular weight is 689 g/mol. The Hall–Kier alpha value is -5.42. The van der Waals surface area contributed by atoms with Gasteiger partial charge in [-0.25, -0.2) is 19.7 Å². The molecular weight excluding hydrogens is 640 g/mol. The molecule has 1 saturated heterocycles. The maximum atomic E-state index is 13.0. The molecule has 51 heavy (non-hydrogen) atoms. The Labute approximate surface area is 300 Å². The van der Waals surface area contributed by atoms with Crippen molar-refractivity contribution in [3.63, 3.8) is 0 Å². The zero-order chi connectivity index (χ0) is 35.4. The third-order valence-electron chi connectivity index (χ3n) is 9.27. The molecule has 11 heteroatoms. The van der Waals surface area contributed by atoms with Gasteiger partial charge in [-0.2, -0.15) is 0 Å². The Balaban J connectivity index is 1.02. The number of ether oxygens (including phenoxy) is 2. The van der Waals surface area contributed by atoms with E-state index in [1.54, 1.807) is 13.4 Å². The van der Waals surface area contributed by atoms with Crippen LogP contribution in [-0.2, 0) is 19.4 Å². The minimum absolute atomic E-state index is 0.265. The predicted molar refractivity (Wildman–Crippen MR) is 205 cm³/mol. The Bertz CT molecular complexity index is 1870. The van der Waals surface area contributed by atoms with Crippen LogP contribution in [0, 0.1) is 0 Å². The summed E-state index contributed by atoms with van der Waals surface area (Å²) in [5, 5.41) is 10.4. The number of para-hydroxylation sites is 1. The van der Waals surface area contributed by atoms with Crippen molar-refractivity contribution < 1.29 is 14.3 Å². The van der Waals surface area contributed by atoms with E-state index in [9.17, 15) is 4.79 Å². The standard InChI is InChI=1S/C40H48N8O3/c1-4-30-13-11-14-31(5-2)38(30)46-40(49)45-32-15-10-12-29(24-32)27-42-39-33-25-36(35(50-3)26-34(33)43-28-44-39)51-23-9-8-18-47-19-21-48(22-20-47)37-16-6-7-17-41-37/h6-7,10-17,24-26,28H,4-5,8-9,18-23,27H2,1-3H3,(H,42,43,44)(H2,45,46,49). The second-order valence-electron chi connectivity index (χ2n) is 12.6. The molecule has 0 aliphatic carbocycles. The summed E-state index contributed by atoms with van der Waals surface area (Å²) in [6.07, 6.45) is 7.07. The number of nitrogens with one attached hydrogen (secondary N) is 3. The van der Waals surface area contributed by atoms with Crippen LogP contribution in [0.5, 0.6) is 11.5 Å². The lowest BCUT2D eigenvalue weighted by atomic mass is 10.0. The Morgan fingerprint density at radius 2 is 1.63 bits per heavy atom. The van der Waals surface area contributed by atoms with E-state index in [2.05, 4.69) is 72.7 Å². The second kappa shape index (κ2) is 17.5. The minimum Gasteiger partial charge on any atom is -0.493 e. The Kier molecular flexibility index (Phi) is 12.1. The predicted octanol–water partition coefficient (Wildman–Crippen LogP) is 7.40. The number of carbonyl (C=O) groups is 1. The first-order chi connectivity index (χ1) is 25.0. The van der Waals surface area contributed by atoms with Gasteiger partial charge in [-0.1, -0.05) is 50.2 Å². The minimum atomic E-state index is -0.265. The molecule has 6 rings (SSSR count). The lowest BCUT2D eigenvalue weighted by Gasteiger charge is -2.35. The number of nitrogens with zero attached hydrogens (tertiary/aromatic N) is 5. The van der Waals surface area contributed by atoms with Crippen molar-refractivity contribution in [1.29, 1.82) is 0 Å². The van der Waals surface area contributed by atoms with Crippen molar-refractivity contribution in [2.24, 2.45) is 0 Å². The Morgan fingerprint density at radius 1 is 0.824 bits per heavy atom. The summed E-state index contributed by atoms with van der Waals surface area (Å²) in [6.45, 7) is 10.4. The Morgan fingerprint density at radius 3 is 2.37 bits per heavy atom. The summed E-state index contributed by atoms with van der Waals surface area (Å²) in [4.78, 5) is 31.4. The van der Waals surface area contributed by atoms with Crippen LogP contribution in [0.1, 0.15) is 43.4 Å². The van der Waals surface area contributed by atoms with Gasteiger partial charge >= 0.3 is 6.03 Å². The first kappa shape index (κ1) is 35.4. The average Bonchev–Trinajstić information content (AvgIpc) is 3.17. The molecule has 3 heterocycles. The second-order valence-corrected chi connectivity index (χ2v) is 12.6. The molecule has 266 valence electrons. The van der Waals surface area contributed by atoms with Crippen LogP contribution in [0.4, 0.5) is 27.8 Å². The van der Waals surface area contributed by atoms with Gasteiger partial charge in [0.2, 0.25) is 0 Å². The van der Waals surface area contributed by atoms with Gasteiger partial charge in [-0.05, 0) is 79.3 Å². The molecule has 1 aliphatic heterocycles. The lowest BCUT2D eigenvalue weighted by Crippen LogP contribution is -2.46. The van der Waals surface area contributed by atoms with Gasteiger partial charge in [-0.3, -0.25) is 4.90 Å². The van der Waals surface area contributed by atoms with Gasteiger partial charge < -0.3 is 30.3 Å². The summed E-state index contributed by atoms with van der Waals surface area (Å²) in [5.74, 6) is 3.06. The highest BCUT2D eigenvalue weighted by molar-refractivity contribution is 6.00. The fourth-order valence-corrected chi connectivity index (χ4v) is 6.46. The van der Waals surface area contributed by atoms with E-state index in [0.29, 0.717) is 36.2 Å². The van der Waals surface area contributed by atoms with Crippen LogP contribution < -0.4 is 30.3 Å². The molecule has 2 aromatic heterocycles. The van der Waals surface area contributed by atoms with Crippen molar-refractivity contribution >= 4 is 39.9 Å². The van der Waals surface area contributed by atoms with Gasteiger partial charge in [-0.15, -0.1) is 0 Å². The highest BCUT2D eigenvalue weighted by Gasteiger charge is 2.18. The van der Waals surface area contributed by atoms with Crippen LogP contribution >= 0.6 is 0 Å². The SMILES string of the molecule is CCc1cccc(CC)c1NC(=O)Nc1cccc(CNc2ncnc3cc(OC)c(OCCCCN4CCN(c5ccccn5)CC4)cc23)c1. The highest BCUT2D eigenvalue weighted by Crippen LogP contribution is 2.34. The summed E-state index contributed by atoms with van der Waals surface area (Å²) < 4.78 is 11.9. The number of anilines is 4. The van der Waals surface area contributed by atoms with Crippen LogP contribution in [0.25, 0.3) is 10.9 Å². The summed E-state index contributed by atoms with van der Waals surface area (Å²) >= 11 is 0. The number of piperazine rings is 1. The normalized spacial score (nSPS) is 13.2. The van der Waals surface area contributed by atoms with Crippen molar-refractivity contribution in [2.75, 3.05) is 67.3 Å². The quantitative estimate of drug-likeness (QED) is 0.0968. The molecule has 0 unspecified atom stereocenters. The molecule has 0 atom stereocenters. The van der Waals surface area contributed by atoms with Crippen molar-refractivity contribution in [3.8, 4) is 11.5 Å². The number of rotatable bonds is 15. The van der Waals surface area contributed by atoms with E-state index < -0.39 is 0 Å². The summed E-state index contributed by atoms with van der Waals surface area (Å²) in [5.41, 5.74) is 5.58. The monoisotopic (exact) mass is 688 g/mol. The van der Waals surface area contributed by atoms with Crippen molar-refractivity contribution in [3.05, 3.63) is 102 Å². The maximum absolute atomic E-state index is 13.0. The van der Waals surface area contributed by atoms with Crippen molar-refractivity contribution in [1.82, 2.24) is 19.9 Å². The van der Waals surface area contributed by atoms with Crippen LogP contribution in [-0.4, -0.2) is 72.3 Å². The maximum Gasteiger partial charge on any atom is 0.323 e. The van der Waals surface area contributed by atoms with Crippen molar-refractivity contribution in [2.45, 2.75) is 46.1 Å². The van der Waals surface area contributed by atoms with Gasteiger partial charge in [0.1, 0.15) is 18.0 Å². The van der Waals surface area contributed by atoms with E-state index >= 15 is 0 Å². The fourth-order valence-electron chi connectivity index (χ4n) is 6.46. The lowest BCUT2D eigenvalue weighted by molar-refractivity contribution is 0.235. The number of methoxy groups -OCH3 is 1. The number of benzene rings is 3. The molecule has 5 aromatic rings. The number of aromatic nitrogens is 3. The third-order valence-corrected chi connectivity index (χ3v) is 9.27. The summed E-state index contributed by atoms with van der Waals surface area (Å²) in [6, 6.07) is 23.6. The molecule has 11 nitrogen and oxygen atoms in total. The van der Waals surface area contributed by atoms with Gasteiger partial charge in [0.15, 0.2) is 11.5 Å². The number of pyridine rings is 1. The largest absolute Gasteiger partial charge is 0.493 e. The zero-order valence-corrected chi connectivity index (χ0v) is 29.8. The van der Waals surface area contributed by atoms with Crippen LogP contribution in [0.15, 0.2) is 85.3 Å². The number of hydrogen-bond acceptors (Lipinski definition) is 9. The number of fused-ring (bicyclic) bond motifs is 1. The molecule has 0 saturated carbocycles. The molecule has 0 bridgehead atoms. The number of hydrogen-bond donors (Lipinski definition) is 3. The van der Waals surface area contributed by atoms with Gasteiger partial charge in [0.05, 0.1) is 19.2 Å². The number of unbranched alkanes of at least 4 members (excludes halogenated alkanes) is 1. The molecule has 0 radical (unpaired) electrons. The smallest absolute Gasteiger partial charge is 0.323 e. The first-order valence-corrected chi connectivity index (χ1v) is 17.9. The first-order valence-electron chi connectivity index (χ1n) is 17.9. The number of carbonyl (C=O) groups excluding carboxylic acids is 1. The molecule has 3 aromatic carbocycles. The van der Waals surface area contributed by atoms with E-state index in [1.165, 1.54) is 0 Å². The fraction of sp³-hybridized carbons (Fsp3) is 0.350. The van der Waals surface area contributed by atoms with E-state index in [1.807, 2.05) is 60.8 Å². The van der Waals surface area contributed by atoms with E-state index in [4.69, 9.17) is 9.47 Å². The van der Waals surface area contributed by atoms with Crippen LogP contribution in [0.3, 0.4) is 0 Å². The van der Waals surface area contributed by atoms with Gasteiger partial charge in [0, 0.05) is 61.7 Å². The molecule has 0 spiro atoms. The number of amides is 2.